The van der Waals surface area contributed by atoms with E-state index in [1.807, 2.05) is 6.92 Å². The molecule has 0 bridgehead atoms. The Kier molecular flexibility index (Phi) is 7.48. The number of hydrogen-bond donors (Lipinski definition) is 1. The molecule has 1 aliphatic heterocycles. The van der Waals surface area contributed by atoms with Crippen molar-refractivity contribution in [1.82, 2.24) is 20.1 Å². The summed E-state index contributed by atoms with van der Waals surface area (Å²) >= 11 is 6.00. The van der Waals surface area contributed by atoms with Crippen molar-refractivity contribution in [2.24, 2.45) is 0 Å². The summed E-state index contributed by atoms with van der Waals surface area (Å²) in [6.45, 7) is 6.68. The average molecular weight is 564 g/mol. The predicted octanol–water partition coefficient (Wildman–Crippen LogP) is 3.84. The number of benzene rings is 2. The fourth-order valence-corrected chi connectivity index (χ4v) is 5.66. The smallest absolute Gasteiger partial charge is 0.408 e. The van der Waals surface area contributed by atoms with Crippen molar-refractivity contribution >= 4 is 39.1 Å². The summed E-state index contributed by atoms with van der Waals surface area (Å²) in [5, 5.41) is 7.08. The van der Waals surface area contributed by atoms with Crippen LogP contribution in [0.3, 0.4) is 0 Å². The van der Waals surface area contributed by atoms with Crippen molar-refractivity contribution in [3.05, 3.63) is 65.0 Å². The molecule has 0 radical (unpaired) electrons. The van der Waals surface area contributed by atoms with Crippen molar-refractivity contribution in [3.63, 3.8) is 0 Å². The molecule has 10 nitrogen and oxygen atoms in total. The van der Waals surface area contributed by atoms with E-state index in [2.05, 4.69) is 15.4 Å². The van der Waals surface area contributed by atoms with Crippen LogP contribution in [0.15, 0.2) is 47.6 Å². The number of alkyl carbamates (subject to hydrolysis) is 1. The zero-order chi connectivity index (χ0) is 27.8. The average Bonchev–Trinajstić information content (AvgIpc) is 3.28. The van der Waals surface area contributed by atoms with Crippen LogP contribution in [0.4, 0.5) is 14.9 Å². The van der Waals surface area contributed by atoms with Gasteiger partial charge >= 0.3 is 6.09 Å². The summed E-state index contributed by atoms with van der Waals surface area (Å²) in [6, 6.07) is 7.25. The molecule has 0 fully saturated rings. The second-order valence-electron chi connectivity index (χ2n) is 9.76. The summed E-state index contributed by atoms with van der Waals surface area (Å²) in [7, 11) is -4.24. The number of carbonyl (C=O) groups is 2. The van der Waals surface area contributed by atoms with Gasteiger partial charge in [-0.2, -0.15) is 5.10 Å². The monoisotopic (exact) mass is 563 g/mol. The van der Waals surface area contributed by atoms with E-state index in [4.69, 9.17) is 16.3 Å². The standard InChI is InChI=1S/C25H27ClFN5O5S/c1-5-22-28-14-32(30-22)19-11-20-21(10-17(19)27)38(35,36)13-18(29-24(34)37-25(2,3)4)23(33)31(20)12-15-6-8-16(26)9-7-15/h6-11,14,18H,5,12-13H2,1-4H3,(H,29,34)/t18-/m0/s1. The zero-order valence-electron chi connectivity index (χ0n) is 21.2. The Bertz CT molecular complexity index is 1480. The minimum atomic E-state index is -4.24. The Morgan fingerprint density at radius 2 is 1.89 bits per heavy atom. The van der Waals surface area contributed by atoms with Gasteiger partial charge in [-0.05, 0) is 50.6 Å². The fraction of sp³-hybridized carbons (Fsp3) is 0.360. The summed E-state index contributed by atoms with van der Waals surface area (Å²) in [6.07, 6.45) is 0.866. The number of aromatic nitrogens is 3. The minimum Gasteiger partial charge on any atom is -0.444 e. The van der Waals surface area contributed by atoms with Crippen molar-refractivity contribution in [1.29, 1.82) is 0 Å². The first kappa shape index (κ1) is 27.5. The molecule has 2 aromatic carbocycles. The highest BCUT2D eigenvalue weighted by molar-refractivity contribution is 7.91. The number of nitrogens with one attached hydrogen (secondary N) is 1. The molecule has 202 valence electrons. The van der Waals surface area contributed by atoms with Gasteiger partial charge < -0.3 is 15.0 Å². The van der Waals surface area contributed by atoms with Gasteiger partial charge in [-0.3, -0.25) is 4.79 Å². The van der Waals surface area contributed by atoms with Crippen LogP contribution < -0.4 is 10.2 Å². The third kappa shape index (κ3) is 5.97. The lowest BCUT2D eigenvalue weighted by atomic mass is 10.1. The number of hydrogen-bond acceptors (Lipinski definition) is 7. The van der Waals surface area contributed by atoms with Crippen LogP contribution in [0, 0.1) is 5.82 Å². The fourth-order valence-electron chi connectivity index (χ4n) is 3.92. The first-order valence-electron chi connectivity index (χ1n) is 11.8. The Morgan fingerprint density at radius 1 is 1.21 bits per heavy atom. The number of amides is 2. The van der Waals surface area contributed by atoms with Crippen molar-refractivity contribution in [3.8, 4) is 5.69 Å². The Hall–Kier alpha value is -3.51. The van der Waals surface area contributed by atoms with Crippen LogP contribution in [0.5, 0.6) is 0 Å². The summed E-state index contributed by atoms with van der Waals surface area (Å²) in [4.78, 5) is 31.2. The van der Waals surface area contributed by atoms with Crippen LogP contribution in [-0.2, 0) is 32.3 Å². The number of aryl methyl sites for hydroxylation is 1. The molecule has 0 unspecified atom stereocenters. The van der Waals surface area contributed by atoms with Crippen LogP contribution in [0.25, 0.3) is 5.69 Å². The van der Waals surface area contributed by atoms with E-state index < -0.39 is 45.1 Å². The third-order valence-electron chi connectivity index (χ3n) is 5.65. The van der Waals surface area contributed by atoms with E-state index in [0.717, 1.165) is 6.07 Å². The molecular formula is C25H27ClFN5O5S. The lowest BCUT2D eigenvalue weighted by Crippen LogP contribution is -2.51. The molecule has 1 aliphatic rings. The normalized spacial score (nSPS) is 17.1. The van der Waals surface area contributed by atoms with Crippen LogP contribution in [0.1, 0.15) is 39.1 Å². The number of carbonyl (C=O) groups excluding carboxylic acids is 2. The van der Waals surface area contributed by atoms with E-state index in [1.165, 1.54) is 22.0 Å². The third-order valence-corrected chi connectivity index (χ3v) is 7.67. The highest BCUT2D eigenvalue weighted by atomic mass is 35.5. The molecule has 1 N–H and O–H groups in total. The van der Waals surface area contributed by atoms with Gasteiger partial charge in [0.05, 0.1) is 22.9 Å². The highest BCUT2D eigenvalue weighted by Crippen LogP contribution is 2.35. The molecule has 0 saturated carbocycles. The first-order chi connectivity index (χ1) is 17.8. The van der Waals surface area contributed by atoms with Crippen molar-refractivity contribution < 1.29 is 27.1 Å². The van der Waals surface area contributed by atoms with Crippen LogP contribution >= 0.6 is 11.6 Å². The molecule has 0 spiro atoms. The molecule has 4 rings (SSSR count). The van der Waals surface area contributed by atoms with Crippen LogP contribution in [-0.4, -0.2) is 52.6 Å². The number of rotatable bonds is 5. The first-order valence-corrected chi connectivity index (χ1v) is 13.8. The van der Waals surface area contributed by atoms with E-state index in [-0.39, 0.29) is 22.8 Å². The molecule has 2 amide bonds. The van der Waals surface area contributed by atoms with E-state index >= 15 is 4.39 Å². The molecule has 13 heteroatoms. The van der Waals surface area contributed by atoms with Gasteiger partial charge in [0.2, 0.25) is 0 Å². The topological polar surface area (TPSA) is 123 Å². The van der Waals surface area contributed by atoms with Gasteiger partial charge in [0.15, 0.2) is 15.7 Å². The molecule has 0 saturated heterocycles. The number of sulfone groups is 1. The number of nitrogens with zero attached hydrogens (tertiary/aromatic N) is 4. The SMILES string of the molecule is CCc1ncn(-c2cc3c(cc2F)S(=O)(=O)C[C@H](NC(=O)OC(C)(C)C)C(=O)N3Cc2ccc(Cl)cc2)n1. The van der Waals surface area contributed by atoms with Crippen LogP contribution in [0.2, 0.25) is 5.02 Å². The zero-order valence-corrected chi connectivity index (χ0v) is 22.8. The maximum atomic E-state index is 15.3. The molecule has 1 aromatic heterocycles. The number of anilines is 1. The summed E-state index contributed by atoms with van der Waals surface area (Å²) < 4.78 is 48.5. The van der Waals surface area contributed by atoms with Gasteiger partial charge in [-0.25, -0.2) is 27.3 Å². The second-order valence-corrected chi connectivity index (χ2v) is 12.2. The number of ether oxygens (including phenoxy) is 1. The number of fused-ring (bicyclic) bond motifs is 1. The van der Waals surface area contributed by atoms with E-state index in [0.29, 0.717) is 22.8 Å². The largest absolute Gasteiger partial charge is 0.444 e. The highest BCUT2D eigenvalue weighted by Gasteiger charge is 2.40. The Balaban J connectivity index is 1.84. The molecule has 3 aromatic rings. The minimum absolute atomic E-state index is 0.0524. The van der Waals surface area contributed by atoms with Gasteiger partial charge in [-0.15, -0.1) is 0 Å². The summed E-state index contributed by atoms with van der Waals surface area (Å²) in [5.41, 5.74) is -0.388. The number of halogens is 2. The van der Waals surface area contributed by atoms with Gasteiger partial charge in [0.25, 0.3) is 5.91 Å². The van der Waals surface area contributed by atoms with Gasteiger partial charge in [0, 0.05) is 11.4 Å². The van der Waals surface area contributed by atoms with Gasteiger partial charge in [-0.1, -0.05) is 30.7 Å². The van der Waals surface area contributed by atoms with E-state index in [9.17, 15) is 18.0 Å². The van der Waals surface area contributed by atoms with Crippen molar-refractivity contribution in [2.75, 3.05) is 10.7 Å². The molecular weight excluding hydrogens is 537 g/mol. The maximum absolute atomic E-state index is 15.3. The van der Waals surface area contributed by atoms with Crippen molar-refractivity contribution in [2.45, 2.75) is 57.2 Å². The Labute approximate surface area is 224 Å². The predicted molar refractivity (Wildman–Crippen MR) is 139 cm³/mol. The molecule has 38 heavy (non-hydrogen) atoms. The second kappa shape index (κ2) is 10.3. The quantitative estimate of drug-likeness (QED) is 0.500. The molecule has 0 aliphatic carbocycles. The maximum Gasteiger partial charge on any atom is 0.408 e. The van der Waals surface area contributed by atoms with E-state index in [1.54, 1.807) is 45.0 Å². The Morgan fingerprint density at radius 3 is 2.50 bits per heavy atom. The van der Waals surface area contributed by atoms with Gasteiger partial charge in [0.1, 0.15) is 29.5 Å². The lowest BCUT2D eigenvalue weighted by molar-refractivity contribution is -0.120. The molecule has 2 heterocycles. The molecule has 1 atom stereocenters. The summed E-state index contributed by atoms with van der Waals surface area (Å²) in [5.74, 6) is -1.89. The lowest BCUT2D eigenvalue weighted by Gasteiger charge is -2.27.